The Bertz CT molecular complexity index is 1100. The van der Waals surface area contributed by atoms with Crippen molar-refractivity contribution in [3.63, 3.8) is 0 Å². The number of thioether (sulfide) groups is 1. The van der Waals surface area contributed by atoms with Crippen molar-refractivity contribution < 1.29 is 28.7 Å². The van der Waals surface area contributed by atoms with E-state index in [1.807, 2.05) is 30.3 Å². The number of aromatic nitrogens is 1. The van der Waals surface area contributed by atoms with E-state index in [0.29, 0.717) is 11.4 Å². The molecule has 0 radical (unpaired) electrons. The van der Waals surface area contributed by atoms with E-state index < -0.39 is 33.8 Å². The Balaban J connectivity index is 1.84. The van der Waals surface area contributed by atoms with Crippen LogP contribution in [0.15, 0.2) is 59.8 Å². The summed E-state index contributed by atoms with van der Waals surface area (Å²) in [5.74, 6) is 0. The van der Waals surface area contributed by atoms with E-state index in [-0.39, 0.29) is 24.7 Å². The second kappa shape index (κ2) is 13.2. The maximum atomic E-state index is 13.2. The molecule has 38 heavy (non-hydrogen) atoms. The number of rotatable bonds is 6. The van der Waals surface area contributed by atoms with Crippen molar-refractivity contribution in [2.45, 2.75) is 66.9 Å². The fourth-order valence-electron chi connectivity index (χ4n) is 3.66. The number of nitrogens with zero attached hydrogens (tertiary/aromatic N) is 3. The van der Waals surface area contributed by atoms with Crippen LogP contribution >= 0.6 is 46.6 Å². The molecule has 13 heteroatoms. The van der Waals surface area contributed by atoms with Gasteiger partial charge in [-0.05, 0) is 97.9 Å². The normalized spacial score (nSPS) is 18.0. The van der Waals surface area contributed by atoms with Crippen LogP contribution in [-0.2, 0) is 25.7 Å². The minimum atomic E-state index is -2.33. The molecule has 0 unspecified atom stereocenters. The average Bonchev–Trinajstić information content (AvgIpc) is 2.83. The molecule has 1 aromatic carbocycles. The van der Waals surface area contributed by atoms with Crippen LogP contribution < -0.4 is 0 Å². The number of amides is 2. The monoisotopic (exact) mass is 603 g/mol. The molecule has 1 fully saturated rings. The highest BCUT2D eigenvalue weighted by Crippen LogP contribution is 2.32. The van der Waals surface area contributed by atoms with E-state index >= 15 is 0 Å². The molecular weight excluding hydrogens is 577 g/mol. The zero-order valence-corrected chi connectivity index (χ0v) is 24.1. The first-order valence-corrected chi connectivity index (χ1v) is 13.7. The smallest absolute Gasteiger partial charge is 0.437 e. The summed E-state index contributed by atoms with van der Waals surface area (Å²) in [5, 5.41) is 1.16. The first-order valence-electron chi connectivity index (χ1n) is 11.7. The minimum Gasteiger partial charge on any atom is -0.444 e. The molecule has 3 rings (SSSR count). The Morgan fingerprint density at radius 1 is 1.03 bits per heavy atom. The number of alkyl halides is 3. The summed E-state index contributed by atoms with van der Waals surface area (Å²) in [6, 6.07) is 12.8. The molecule has 0 saturated carbocycles. The van der Waals surface area contributed by atoms with Gasteiger partial charge in [-0.3, -0.25) is 14.5 Å². The summed E-state index contributed by atoms with van der Waals surface area (Å²) in [7, 11) is 0. The Morgan fingerprint density at radius 3 is 2.32 bits per heavy atom. The van der Waals surface area contributed by atoms with Crippen LogP contribution in [0.2, 0.25) is 0 Å². The van der Waals surface area contributed by atoms with Gasteiger partial charge in [-0.15, -0.1) is 0 Å². The number of ether oxygens (including phenoxy) is 2. The molecule has 0 aliphatic carbocycles. The molecule has 2 atom stereocenters. The lowest BCUT2D eigenvalue weighted by Crippen LogP contribution is -2.57. The largest absolute Gasteiger partial charge is 0.444 e. The van der Waals surface area contributed by atoms with E-state index in [1.54, 1.807) is 45.2 Å². The highest BCUT2D eigenvalue weighted by Gasteiger charge is 2.43. The maximum Gasteiger partial charge on any atom is 0.437 e. The SMILES string of the molecule is CC(C)(C)OC(=O)N1C[C@H](N(OCc2ccccc2)C(=O)OC(Cl)(Cl)Cl)CC[C@H]1C(=O)Sc1ccccn1. The van der Waals surface area contributed by atoms with Gasteiger partial charge in [-0.1, -0.05) is 36.4 Å². The van der Waals surface area contributed by atoms with Crippen LogP contribution in [0.25, 0.3) is 0 Å². The molecule has 206 valence electrons. The lowest BCUT2D eigenvalue weighted by molar-refractivity contribution is -0.182. The first-order chi connectivity index (χ1) is 17.8. The lowest BCUT2D eigenvalue weighted by atomic mass is 9.99. The van der Waals surface area contributed by atoms with E-state index in [9.17, 15) is 14.4 Å². The molecule has 2 aromatic rings. The standard InChI is InChI=1S/C25H28Cl3N3O6S/c1-24(2,3)36-22(33)30-15-18(12-13-19(30)21(32)38-20-11-7-8-14-29-20)31(23(34)37-25(26,27)28)35-16-17-9-5-4-6-10-17/h4-11,14,18-19H,12-13,15-16H2,1-3H3/t18-,19+/m1/s1. The summed E-state index contributed by atoms with van der Waals surface area (Å²) in [5.41, 5.74) is -0.0391. The average molecular weight is 605 g/mol. The van der Waals surface area contributed by atoms with Crippen molar-refractivity contribution in [2.75, 3.05) is 6.54 Å². The van der Waals surface area contributed by atoms with Crippen LogP contribution in [0.5, 0.6) is 0 Å². The van der Waals surface area contributed by atoms with Gasteiger partial charge in [0.15, 0.2) is 0 Å². The number of hydrogen-bond donors (Lipinski definition) is 0. The summed E-state index contributed by atoms with van der Waals surface area (Å²) in [6.45, 7) is 5.09. The predicted molar refractivity (Wildman–Crippen MR) is 145 cm³/mol. The Hall–Kier alpha value is -2.24. The van der Waals surface area contributed by atoms with Gasteiger partial charge < -0.3 is 9.47 Å². The van der Waals surface area contributed by atoms with Gasteiger partial charge in [0.2, 0.25) is 5.12 Å². The van der Waals surface area contributed by atoms with Crippen LogP contribution in [-0.4, -0.2) is 60.5 Å². The van der Waals surface area contributed by atoms with Crippen molar-refractivity contribution in [1.29, 1.82) is 0 Å². The maximum absolute atomic E-state index is 13.2. The second-order valence-electron chi connectivity index (χ2n) is 9.37. The highest BCUT2D eigenvalue weighted by atomic mass is 35.6. The van der Waals surface area contributed by atoms with Crippen molar-refractivity contribution in [1.82, 2.24) is 14.9 Å². The zero-order valence-electron chi connectivity index (χ0n) is 21.0. The molecule has 0 N–H and O–H groups in total. The molecule has 1 saturated heterocycles. The molecule has 1 aliphatic heterocycles. The summed E-state index contributed by atoms with van der Waals surface area (Å²) in [6.07, 6.45) is 0.329. The van der Waals surface area contributed by atoms with Crippen LogP contribution in [0.3, 0.4) is 0 Å². The van der Waals surface area contributed by atoms with Crippen molar-refractivity contribution in [3.8, 4) is 0 Å². The Labute approximate surface area is 240 Å². The molecule has 0 spiro atoms. The summed E-state index contributed by atoms with van der Waals surface area (Å²) in [4.78, 5) is 50.7. The third-order valence-electron chi connectivity index (χ3n) is 5.23. The van der Waals surface area contributed by atoms with Crippen LogP contribution in [0.1, 0.15) is 39.2 Å². The van der Waals surface area contributed by atoms with E-state index in [1.165, 1.54) is 4.90 Å². The second-order valence-corrected chi connectivity index (χ2v) is 12.6. The minimum absolute atomic E-state index is 0.0105. The van der Waals surface area contributed by atoms with Crippen molar-refractivity contribution in [3.05, 3.63) is 60.3 Å². The van der Waals surface area contributed by atoms with Crippen LogP contribution in [0.4, 0.5) is 9.59 Å². The Kier molecular flexibility index (Phi) is 10.5. The topological polar surface area (TPSA) is 98.3 Å². The number of pyridine rings is 1. The quantitative estimate of drug-likeness (QED) is 0.213. The molecule has 2 heterocycles. The van der Waals surface area contributed by atoms with E-state index in [2.05, 4.69) is 4.98 Å². The third kappa shape index (κ3) is 9.50. The molecular formula is C25H28Cl3N3O6S. The molecule has 1 aliphatic rings. The molecule has 0 bridgehead atoms. The third-order valence-corrected chi connectivity index (χ3v) is 6.38. The molecule has 2 amide bonds. The highest BCUT2D eigenvalue weighted by molar-refractivity contribution is 8.13. The van der Waals surface area contributed by atoms with Crippen LogP contribution in [0, 0.1) is 0 Å². The van der Waals surface area contributed by atoms with Gasteiger partial charge in [-0.25, -0.2) is 14.6 Å². The van der Waals surface area contributed by atoms with Gasteiger partial charge in [0, 0.05) is 12.7 Å². The summed E-state index contributed by atoms with van der Waals surface area (Å²) < 4.78 is 8.16. The van der Waals surface area contributed by atoms with E-state index in [4.69, 9.17) is 49.1 Å². The molecule has 9 nitrogen and oxygen atoms in total. The van der Waals surface area contributed by atoms with Gasteiger partial charge in [0.05, 0.1) is 6.04 Å². The Morgan fingerprint density at radius 2 is 1.71 bits per heavy atom. The summed E-state index contributed by atoms with van der Waals surface area (Å²) >= 11 is 18.0. The van der Waals surface area contributed by atoms with Gasteiger partial charge >= 0.3 is 16.2 Å². The van der Waals surface area contributed by atoms with E-state index in [0.717, 1.165) is 22.4 Å². The van der Waals surface area contributed by atoms with Gasteiger partial charge in [0.25, 0.3) is 0 Å². The molecule has 1 aromatic heterocycles. The number of carbonyl (C=O) groups is 3. The number of benzene rings is 1. The van der Waals surface area contributed by atoms with Gasteiger partial charge in [-0.2, -0.15) is 5.06 Å². The fourth-order valence-corrected chi connectivity index (χ4v) is 4.70. The van der Waals surface area contributed by atoms with Crippen molar-refractivity contribution >= 4 is 63.9 Å². The number of halogens is 3. The number of hydroxylamine groups is 2. The van der Waals surface area contributed by atoms with Crippen molar-refractivity contribution in [2.24, 2.45) is 0 Å². The number of piperidine rings is 1. The fraction of sp³-hybridized carbons (Fsp3) is 0.440. The zero-order chi connectivity index (χ0) is 27.9. The number of likely N-dealkylation sites (tertiary alicyclic amines) is 1. The van der Waals surface area contributed by atoms with Gasteiger partial charge in [0.1, 0.15) is 23.3 Å². The lowest BCUT2D eigenvalue weighted by Gasteiger charge is -2.42. The number of hydrogen-bond acceptors (Lipinski definition) is 8. The number of carbonyl (C=O) groups excluding carboxylic acids is 3. The predicted octanol–water partition coefficient (Wildman–Crippen LogP) is 6.37. The first kappa shape index (κ1) is 30.3.